The van der Waals surface area contributed by atoms with Crippen LogP contribution in [0.4, 0.5) is 0 Å². The van der Waals surface area contributed by atoms with Crippen molar-refractivity contribution >= 4 is 39.1 Å². The van der Waals surface area contributed by atoms with Gasteiger partial charge >= 0.3 is 0 Å². The molecule has 0 radical (unpaired) electrons. The summed E-state index contributed by atoms with van der Waals surface area (Å²) in [5.74, 6) is 1.14. The van der Waals surface area contributed by atoms with Crippen molar-refractivity contribution in [2.45, 2.75) is 0 Å². The lowest BCUT2D eigenvalue weighted by Gasteiger charge is -2.07. The Hall–Kier alpha value is -1.21. The van der Waals surface area contributed by atoms with E-state index < -0.39 is 0 Å². The Bertz CT molecular complexity index is 617. The maximum atomic E-state index is 8.82. The van der Waals surface area contributed by atoms with Gasteiger partial charge in [0, 0.05) is 14.5 Å². The highest BCUT2D eigenvalue weighted by Crippen LogP contribution is 2.30. The highest BCUT2D eigenvalue weighted by Gasteiger charge is 2.04. The zero-order chi connectivity index (χ0) is 13.1. The zero-order valence-corrected chi connectivity index (χ0v) is 12.1. The summed E-state index contributed by atoms with van der Waals surface area (Å²) in [4.78, 5) is 0. The van der Waals surface area contributed by atoms with Gasteiger partial charge in [-0.15, -0.1) is 0 Å². The summed E-state index contributed by atoms with van der Waals surface area (Å²) < 4.78 is 6.29. The van der Waals surface area contributed by atoms with Crippen molar-refractivity contribution in [1.82, 2.24) is 0 Å². The minimum atomic E-state index is 0.505. The van der Waals surface area contributed by atoms with Gasteiger partial charge in [-0.25, -0.2) is 0 Å². The van der Waals surface area contributed by atoms with Crippen molar-refractivity contribution in [3.05, 3.63) is 56.5 Å². The van der Waals surface area contributed by atoms with Crippen LogP contribution in [0.1, 0.15) is 5.56 Å². The van der Waals surface area contributed by atoms with Crippen molar-refractivity contribution in [3.63, 3.8) is 0 Å². The van der Waals surface area contributed by atoms with Crippen LogP contribution in [-0.2, 0) is 0 Å². The first kappa shape index (κ1) is 13.2. The molecule has 5 heteroatoms. The van der Waals surface area contributed by atoms with E-state index in [0.717, 1.165) is 0 Å². The van der Waals surface area contributed by atoms with Crippen molar-refractivity contribution in [1.29, 1.82) is 5.26 Å². The van der Waals surface area contributed by atoms with Crippen molar-refractivity contribution < 1.29 is 4.74 Å². The molecule has 0 spiro atoms. The molecule has 0 aliphatic heterocycles. The number of halogens is 3. The highest BCUT2D eigenvalue weighted by atomic mass is 79.9. The Morgan fingerprint density at radius 3 is 2.22 bits per heavy atom. The Balaban J connectivity index is 2.29. The minimum Gasteiger partial charge on any atom is -0.457 e. The molecule has 0 aliphatic rings. The van der Waals surface area contributed by atoms with Crippen LogP contribution in [0.5, 0.6) is 11.5 Å². The fraction of sp³-hybridized carbons (Fsp3) is 0. The molecule has 90 valence electrons. The predicted molar refractivity (Wildman–Crippen MR) is 75.4 cm³/mol. The zero-order valence-electron chi connectivity index (χ0n) is 8.95. The predicted octanol–water partition coefficient (Wildman–Crippen LogP) is 5.42. The summed E-state index contributed by atoms with van der Waals surface area (Å²) in [6, 6.07) is 12.1. The largest absolute Gasteiger partial charge is 0.457 e. The number of benzene rings is 2. The monoisotopic (exact) mass is 341 g/mol. The molecule has 2 aromatic carbocycles. The van der Waals surface area contributed by atoms with Gasteiger partial charge in [-0.1, -0.05) is 23.2 Å². The van der Waals surface area contributed by atoms with Gasteiger partial charge in [0.05, 0.1) is 5.56 Å². The van der Waals surface area contributed by atoms with Gasteiger partial charge in [0.25, 0.3) is 0 Å². The molecule has 0 fully saturated rings. The van der Waals surface area contributed by atoms with Crippen molar-refractivity contribution in [2.75, 3.05) is 0 Å². The van der Waals surface area contributed by atoms with Gasteiger partial charge in [0.15, 0.2) is 0 Å². The van der Waals surface area contributed by atoms with E-state index in [9.17, 15) is 0 Å². The molecule has 0 aliphatic carbocycles. The normalized spacial score (nSPS) is 9.89. The van der Waals surface area contributed by atoms with E-state index in [-0.39, 0.29) is 0 Å². The summed E-state index contributed by atoms with van der Waals surface area (Å²) in [5.41, 5.74) is 0.548. The van der Waals surface area contributed by atoms with Crippen LogP contribution in [0, 0.1) is 11.3 Å². The van der Waals surface area contributed by atoms with E-state index in [0.29, 0.717) is 31.6 Å². The molecule has 0 unspecified atom stereocenters. The van der Waals surface area contributed by atoms with Crippen LogP contribution in [0.25, 0.3) is 0 Å². The van der Waals surface area contributed by atoms with Crippen LogP contribution < -0.4 is 4.74 Å². The molecule has 0 amide bonds. The highest BCUT2D eigenvalue weighted by molar-refractivity contribution is 9.10. The first-order valence-corrected chi connectivity index (χ1v) is 6.47. The molecule has 2 rings (SSSR count). The minimum absolute atomic E-state index is 0.505. The molecule has 0 N–H and O–H groups in total. The van der Waals surface area contributed by atoms with E-state index >= 15 is 0 Å². The van der Waals surface area contributed by atoms with E-state index in [4.69, 9.17) is 33.2 Å². The molecular weight excluding hydrogens is 337 g/mol. The van der Waals surface area contributed by atoms with Gasteiger partial charge in [-0.2, -0.15) is 5.26 Å². The summed E-state index contributed by atoms with van der Waals surface area (Å²) in [6.07, 6.45) is 0. The molecule has 2 aromatic rings. The van der Waals surface area contributed by atoms with Crippen molar-refractivity contribution in [2.24, 2.45) is 0 Å². The topological polar surface area (TPSA) is 33.0 Å². The Morgan fingerprint density at radius 2 is 1.67 bits per heavy atom. The average molecular weight is 343 g/mol. The van der Waals surface area contributed by atoms with E-state index in [1.165, 1.54) is 0 Å². The number of nitriles is 1. The summed E-state index contributed by atoms with van der Waals surface area (Å²) >= 11 is 15.1. The lowest BCUT2D eigenvalue weighted by atomic mass is 10.2. The van der Waals surface area contributed by atoms with Crippen LogP contribution in [-0.4, -0.2) is 0 Å². The Kier molecular flexibility index (Phi) is 4.13. The number of rotatable bonds is 2. The third kappa shape index (κ3) is 3.17. The number of nitrogens with zero attached hydrogens (tertiary/aromatic N) is 1. The maximum absolute atomic E-state index is 8.82. The van der Waals surface area contributed by atoms with Gasteiger partial charge in [-0.3, -0.25) is 0 Å². The van der Waals surface area contributed by atoms with Crippen molar-refractivity contribution in [3.8, 4) is 17.6 Å². The summed E-state index contributed by atoms with van der Waals surface area (Å²) in [5, 5.41) is 9.83. The lowest BCUT2D eigenvalue weighted by molar-refractivity contribution is 0.482. The van der Waals surface area contributed by atoms with Crippen LogP contribution in [0.15, 0.2) is 40.9 Å². The quantitative estimate of drug-likeness (QED) is 0.730. The fourth-order valence-corrected chi connectivity index (χ4v) is 2.33. The fourth-order valence-electron chi connectivity index (χ4n) is 1.37. The molecule has 0 heterocycles. The van der Waals surface area contributed by atoms with Gasteiger partial charge < -0.3 is 4.74 Å². The SMILES string of the molecule is N#Cc1ccc(Oc2cc(Cl)cc(Cl)c2)cc1Br. The second kappa shape index (κ2) is 5.62. The molecule has 0 aromatic heterocycles. The smallest absolute Gasteiger partial charge is 0.130 e. The molecule has 2 nitrogen and oxygen atoms in total. The number of hydrogen-bond acceptors (Lipinski definition) is 2. The Morgan fingerprint density at radius 1 is 1.00 bits per heavy atom. The van der Waals surface area contributed by atoms with Gasteiger partial charge in [0.1, 0.15) is 17.6 Å². The number of hydrogen-bond donors (Lipinski definition) is 0. The standard InChI is InChI=1S/C13H6BrCl2NO/c14-13-6-11(2-1-8(13)7-17)18-12-4-9(15)3-10(16)5-12/h1-6H. The van der Waals surface area contributed by atoms with Crippen LogP contribution >= 0.6 is 39.1 Å². The van der Waals surface area contributed by atoms with E-state index in [1.54, 1.807) is 36.4 Å². The van der Waals surface area contributed by atoms with Crippen LogP contribution in [0.2, 0.25) is 10.0 Å². The molecule has 0 atom stereocenters. The first-order chi connectivity index (χ1) is 8.58. The molecule has 18 heavy (non-hydrogen) atoms. The number of ether oxygens (including phenoxy) is 1. The van der Waals surface area contributed by atoms with E-state index in [1.807, 2.05) is 0 Å². The summed E-state index contributed by atoms with van der Waals surface area (Å²) in [6.45, 7) is 0. The second-order valence-electron chi connectivity index (χ2n) is 3.46. The lowest BCUT2D eigenvalue weighted by Crippen LogP contribution is -1.86. The third-order valence-corrected chi connectivity index (χ3v) is 3.23. The average Bonchev–Trinajstić information content (AvgIpc) is 2.27. The van der Waals surface area contributed by atoms with Gasteiger partial charge in [-0.05, 0) is 52.3 Å². The molecular formula is C13H6BrCl2NO. The molecule has 0 saturated heterocycles. The van der Waals surface area contributed by atoms with Crippen LogP contribution in [0.3, 0.4) is 0 Å². The Labute approximate surface area is 123 Å². The molecule has 0 bridgehead atoms. The molecule has 0 saturated carbocycles. The maximum Gasteiger partial charge on any atom is 0.130 e. The first-order valence-electron chi connectivity index (χ1n) is 4.92. The van der Waals surface area contributed by atoms with Gasteiger partial charge in [0.2, 0.25) is 0 Å². The van der Waals surface area contributed by atoms with E-state index in [2.05, 4.69) is 22.0 Å². The summed E-state index contributed by atoms with van der Waals surface area (Å²) in [7, 11) is 0. The third-order valence-electron chi connectivity index (χ3n) is 2.13. The second-order valence-corrected chi connectivity index (χ2v) is 5.19.